The molecule has 1 atom stereocenters. The van der Waals surface area contributed by atoms with E-state index < -0.39 is 5.67 Å². The topological polar surface area (TPSA) is 76.8 Å². The van der Waals surface area contributed by atoms with Crippen molar-refractivity contribution in [2.45, 2.75) is 64.1 Å². The van der Waals surface area contributed by atoms with E-state index in [0.29, 0.717) is 55.3 Å². The average molecular weight is 522 g/mol. The van der Waals surface area contributed by atoms with Crippen molar-refractivity contribution in [3.8, 4) is 22.9 Å². The summed E-state index contributed by atoms with van der Waals surface area (Å²) in [7, 11) is 0. The van der Waals surface area contributed by atoms with Gasteiger partial charge in [0.05, 0.1) is 24.8 Å². The Morgan fingerprint density at radius 1 is 1.08 bits per heavy atom. The number of amides is 1. The molecule has 4 rings (SSSR count). The number of aliphatic hydroxyl groups is 1. The number of benzene rings is 2. The van der Waals surface area contributed by atoms with Crippen LogP contribution in [0.4, 0.5) is 4.39 Å². The van der Waals surface area contributed by atoms with E-state index in [4.69, 9.17) is 4.74 Å². The third-order valence-electron chi connectivity index (χ3n) is 8.37. The van der Waals surface area contributed by atoms with Crippen LogP contribution in [-0.2, 0) is 0 Å². The summed E-state index contributed by atoms with van der Waals surface area (Å²) in [5, 5.41) is 19.3. The largest absolute Gasteiger partial charge is 0.492 e. The fourth-order valence-electron chi connectivity index (χ4n) is 5.58. The molecule has 2 heterocycles. The van der Waals surface area contributed by atoms with Crippen LogP contribution in [-0.4, -0.2) is 71.9 Å². The van der Waals surface area contributed by atoms with E-state index in [0.717, 1.165) is 49.9 Å². The molecule has 0 unspecified atom stereocenters. The molecule has 1 N–H and O–H groups in total. The summed E-state index contributed by atoms with van der Waals surface area (Å²) in [5.41, 5.74) is 1.79. The van der Waals surface area contributed by atoms with E-state index in [1.807, 2.05) is 44.2 Å². The summed E-state index contributed by atoms with van der Waals surface area (Å²) < 4.78 is 20.8. The van der Waals surface area contributed by atoms with Crippen molar-refractivity contribution >= 4 is 5.91 Å². The summed E-state index contributed by atoms with van der Waals surface area (Å²) >= 11 is 0. The van der Waals surface area contributed by atoms with Gasteiger partial charge in [0.25, 0.3) is 5.91 Å². The van der Waals surface area contributed by atoms with E-state index in [1.54, 1.807) is 17.0 Å². The van der Waals surface area contributed by atoms with Crippen LogP contribution in [0.3, 0.4) is 0 Å². The minimum Gasteiger partial charge on any atom is -0.492 e. The van der Waals surface area contributed by atoms with Gasteiger partial charge in [0.15, 0.2) is 0 Å². The van der Waals surface area contributed by atoms with Crippen molar-refractivity contribution in [2.75, 3.05) is 39.4 Å². The van der Waals surface area contributed by atoms with Crippen molar-refractivity contribution in [2.24, 2.45) is 5.92 Å². The van der Waals surface area contributed by atoms with Crippen LogP contribution < -0.4 is 4.74 Å². The number of piperidine rings is 1. The third-order valence-corrected chi connectivity index (χ3v) is 8.37. The number of hydrogen-bond donors (Lipinski definition) is 1. The lowest BCUT2D eigenvalue weighted by molar-refractivity contribution is 0.0568. The van der Waals surface area contributed by atoms with Gasteiger partial charge in [-0.3, -0.25) is 4.79 Å². The fraction of sp³-hybridized carbons (Fsp3) is 0.548. The smallest absolute Gasteiger partial charge is 0.254 e. The highest BCUT2D eigenvalue weighted by Gasteiger charge is 2.31. The van der Waals surface area contributed by atoms with Crippen LogP contribution in [0.1, 0.15) is 68.3 Å². The molecular formula is C31H40FN3O3. The molecule has 2 fully saturated rings. The number of nitriles is 1. The highest BCUT2D eigenvalue weighted by Crippen LogP contribution is 2.30. The predicted molar refractivity (Wildman–Crippen MR) is 147 cm³/mol. The number of hydrogen-bond acceptors (Lipinski definition) is 5. The zero-order chi connectivity index (χ0) is 27.1. The Labute approximate surface area is 226 Å². The van der Waals surface area contributed by atoms with Crippen LogP contribution in [0.15, 0.2) is 42.5 Å². The number of aliphatic hydroxyl groups excluding tert-OH is 1. The Morgan fingerprint density at radius 3 is 2.39 bits per heavy atom. The number of halogens is 1. The van der Waals surface area contributed by atoms with Crippen molar-refractivity contribution in [3.05, 3.63) is 53.6 Å². The molecule has 0 radical (unpaired) electrons. The molecule has 2 aromatic rings. The monoisotopic (exact) mass is 521 g/mol. The van der Waals surface area contributed by atoms with Gasteiger partial charge in [-0.25, -0.2) is 4.39 Å². The lowest BCUT2D eigenvalue weighted by atomic mass is 9.94. The van der Waals surface area contributed by atoms with Crippen molar-refractivity contribution in [3.63, 3.8) is 0 Å². The van der Waals surface area contributed by atoms with Crippen LogP contribution in [0, 0.1) is 17.2 Å². The quantitative estimate of drug-likeness (QED) is 0.451. The summed E-state index contributed by atoms with van der Waals surface area (Å²) in [4.78, 5) is 16.8. The van der Waals surface area contributed by atoms with Gasteiger partial charge in [-0.15, -0.1) is 0 Å². The normalized spacial score (nSPS) is 18.9. The molecule has 2 saturated heterocycles. The highest BCUT2D eigenvalue weighted by molar-refractivity contribution is 5.95. The van der Waals surface area contributed by atoms with Crippen LogP contribution in [0.2, 0.25) is 0 Å². The molecule has 2 aliphatic rings. The van der Waals surface area contributed by atoms with Crippen molar-refractivity contribution in [1.29, 1.82) is 5.26 Å². The maximum Gasteiger partial charge on any atom is 0.254 e. The minimum atomic E-state index is -1.10. The molecule has 38 heavy (non-hydrogen) atoms. The van der Waals surface area contributed by atoms with Gasteiger partial charge in [-0.2, -0.15) is 5.26 Å². The highest BCUT2D eigenvalue weighted by atomic mass is 19.1. The average Bonchev–Trinajstić information content (AvgIpc) is 3.45. The van der Waals surface area contributed by atoms with Crippen molar-refractivity contribution in [1.82, 2.24) is 9.80 Å². The number of ether oxygens (including phenoxy) is 1. The van der Waals surface area contributed by atoms with Gasteiger partial charge in [-0.05, 0) is 92.9 Å². The minimum absolute atomic E-state index is 0.00788. The summed E-state index contributed by atoms with van der Waals surface area (Å²) in [6, 6.07) is 15.2. The maximum atomic E-state index is 14.8. The first-order chi connectivity index (χ1) is 18.4. The molecule has 2 aliphatic heterocycles. The molecule has 1 amide bonds. The summed E-state index contributed by atoms with van der Waals surface area (Å²) in [6.07, 6.45) is 4.77. The Kier molecular flexibility index (Phi) is 9.40. The fourth-order valence-corrected chi connectivity index (χ4v) is 5.58. The van der Waals surface area contributed by atoms with Crippen LogP contribution >= 0.6 is 0 Å². The Balaban J connectivity index is 1.33. The van der Waals surface area contributed by atoms with Gasteiger partial charge in [-0.1, -0.05) is 32.0 Å². The van der Waals surface area contributed by atoms with Gasteiger partial charge in [0.1, 0.15) is 17.5 Å². The summed E-state index contributed by atoms with van der Waals surface area (Å²) in [6.45, 7) is 7.31. The standard InChI is InChI=1S/C31H40FN3O3/c1-3-31(32,4-2)22-34-16-13-23(14-17-34)21-38-29-12-11-26(18-27(29)19-33)24-7-9-25(10-8-24)30(37)35-15-5-6-28(35)20-36/h7-12,18,23,28,36H,3-6,13-17,20-22H2,1-2H3/t28-/m1/s1. The number of likely N-dealkylation sites (tertiary alicyclic amines) is 2. The zero-order valence-electron chi connectivity index (χ0n) is 22.7. The first-order valence-corrected chi connectivity index (χ1v) is 14.0. The number of carbonyl (C=O) groups is 1. The number of nitrogens with zero attached hydrogens (tertiary/aromatic N) is 3. The maximum absolute atomic E-state index is 14.8. The lowest BCUT2D eigenvalue weighted by Crippen LogP contribution is -2.44. The molecule has 2 aromatic carbocycles. The van der Waals surface area contributed by atoms with E-state index in [9.17, 15) is 19.6 Å². The first-order valence-electron chi connectivity index (χ1n) is 14.0. The molecule has 0 saturated carbocycles. The zero-order valence-corrected chi connectivity index (χ0v) is 22.7. The molecule has 7 heteroatoms. The number of rotatable bonds is 10. The molecule has 204 valence electrons. The summed E-state index contributed by atoms with van der Waals surface area (Å²) in [5.74, 6) is 0.912. The second kappa shape index (κ2) is 12.7. The van der Waals surface area contributed by atoms with Crippen molar-refractivity contribution < 1.29 is 19.0 Å². The third kappa shape index (κ3) is 6.54. The van der Waals surface area contributed by atoms with Gasteiger partial charge in [0.2, 0.25) is 0 Å². The van der Waals surface area contributed by atoms with E-state index in [2.05, 4.69) is 11.0 Å². The van der Waals surface area contributed by atoms with Gasteiger partial charge >= 0.3 is 0 Å². The molecule has 0 bridgehead atoms. The molecular weight excluding hydrogens is 481 g/mol. The Morgan fingerprint density at radius 2 is 1.76 bits per heavy atom. The van der Waals surface area contributed by atoms with Crippen LogP contribution in [0.5, 0.6) is 5.75 Å². The molecule has 0 aliphatic carbocycles. The van der Waals surface area contributed by atoms with Crippen LogP contribution in [0.25, 0.3) is 11.1 Å². The second-order valence-corrected chi connectivity index (χ2v) is 10.8. The van der Waals surface area contributed by atoms with E-state index in [1.165, 1.54) is 0 Å². The predicted octanol–water partition coefficient (Wildman–Crippen LogP) is 5.44. The lowest BCUT2D eigenvalue weighted by Gasteiger charge is -2.36. The number of alkyl halides is 1. The van der Waals surface area contributed by atoms with E-state index in [-0.39, 0.29) is 18.6 Å². The first kappa shape index (κ1) is 28.1. The van der Waals surface area contributed by atoms with Gasteiger partial charge in [0, 0.05) is 18.7 Å². The Hall–Kier alpha value is -2.95. The molecule has 0 spiro atoms. The molecule has 0 aromatic heterocycles. The van der Waals surface area contributed by atoms with E-state index >= 15 is 0 Å². The van der Waals surface area contributed by atoms with Gasteiger partial charge < -0.3 is 19.6 Å². The second-order valence-electron chi connectivity index (χ2n) is 10.8. The Bertz CT molecular complexity index is 1120. The SMILES string of the molecule is CCC(F)(CC)CN1CCC(COc2ccc(-c3ccc(C(=O)N4CCC[C@@H]4CO)cc3)cc2C#N)CC1. The molecule has 6 nitrogen and oxygen atoms in total. The number of carbonyl (C=O) groups excluding carboxylic acids is 1.